The van der Waals surface area contributed by atoms with Gasteiger partial charge in [-0.3, -0.25) is 9.69 Å². The van der Waals surface area contributed by atoms with Crippen molar-refractivity contribution in [2.24, 2.45) is 0 Å². The van der Waals surface area contributed by atoms with Crippen LogP contribution < -0.4 is 0 Å². The number of benzene rings is 1. The van der Waals surface area contributed by atoms with E-state index in [1.54, 1.807) is 0 Å². The topological polar surface area (TPSA) is 60.8 Å². The van der Waals surface area contributed by atoms with Gasteiger partial charge in [0.25, 0.3) is 0 Å². The Hall–Kier alpha value is -1.62. The molecule has 1 atom stereocenters. The smallest absolute Gasteiger partial charge is 0.304 e. The lowest BCUT2D eigenvalue weighted by Gasteiger charge is -2.27. The first kappa shape index (κ1) is 14.4. The number of aliphatic carboxylic acids is 1. The third-order valence-corrected chi connectivity index (χ3v) is 3.00. The van der Waals surface area contributed by atoms with E-state index in [2.05, 4.69) is 0 Å². The number of hydrogen-bond donors (Lipinski definition) is 2. The van der Waals surface area contributed by atoms with Gasteiger partial charge in [0.15, 0.2) is 0 Å². The van der Waals surface area contributed by atoms with Crippen molar-refractivity contribution >= 4 is 5.97 Å². The fourth-order valence-corrected chi connectivity index (χ4v) is 1.92. The largest absolute Gasteiger partial charge is 0.508 e. The molecule has 0 aliphatic carbocycles. The maximum atomic E-state index is 13.7. The molecule has 0 fully saturated rings. The van der Waals surface area contributed by atoms with Crippen LogP contribution in [-0.2, 0) is 4.79 Å². The van der Waals surface area contributed by atoms with Crippen molar-refractivity contribution in [1.29, 1.82) is 0 Å². The van der Waals surface area contributed by atoms with Gasteiger partial charge in [-0.1, -0.05) is 13.0 Å². The normalized spacial score (nSPS) is 12.7. The van der Waals surface area contributed by atoms with Crippen molar-refractivity contribution < 1.29 is 19.4 Å². The van der Waals surface area contributed by atoms with Crippen LogP contribution in [0, 0.1) is 5.82 Å². The van der Waals surface area contributed by atoms with Crippen molar-refractivity contribution in [3.05, 3.63) is 29.6 Å². The lowest BCUT2D eigenvalue weighted by atomic mass is 10.1. The quantitative estimate of drug-likeness (QED) is 0.819. The Morgan fingerprint density at radius 3 is 2.67 bits per heavy atom. The van der Waals surface area contributed by atoms with Crippen LogP contribution in [-0.4, -0.2) is 34.2 Å². The number of carbonyl (C=O) groups is 1. The summed E-state index contributed by atoms with van der Waals surface area (Å²) >= 11 is 0. The van der Waals surface area contributed by atoms with Crippen molar-refractivity contribution in [3.8, 4) is 5.75 Å². The minimum atomic E-state index is -0.869. The van der Waals surface area contributed by atoms with E-state index in [4.69, 9.17) is 10.2 Å². The zero-order valence-electron chi connectivity index (χ0n) is 10.6. The summed E-state index contributed by atoms with van der Waals surface area (Å²) in [6.45, 7) is 4.72. The molecular weight excluding hydrogens is 237 g/mol. The number of carboxylic acid groups (broad SMARTS) is 1. The summed E-state index contributed by atoms with van der Waals surface area (Å²) in [7, 11) is 0. The van der Waals surface area contributed by atoms with E-state index >= 15 is 0 Å². The van der Waals surface area contributed by atoms with Gasteiger partial charge in [0.05, 0.1) is 6.42 Å². The van der Waals surface area contributed by atoms with Gasteiger partial charge in [-0.2, -0.15) is 0 Å². The van der Waals surface area contributed by atoms with Crippen LogP contribution in [0.3, 0.4) is 0 Å². The Kier molecular flexibility index (Phi) is 5.09. The lowest BCUT2D eigenvalue weighted by molar-refractivity contribution is -0.137. The van der Waals surface area contributed by atoms with E-state index in [9.17, 15) is 9.18 Å². The fourth-order valence-electron chi connectivity index (χ4n) is 1.92. The molecule has 0 aliphatic heterocycles. The van der Waals surface area contributed by atoms with E-state index in [1.165, 1.54) is 12.1 Å². The summed E-state index contributed by atoms with van der Waals surface area (Å²) in [5.74, 6) is -1.46. The zero-order chi connectivity index (χ0) is 13.7. The van der Waals surface area contributed by atoms with Gasteiger partial charge in [-0.05, 0) is 19.5 Å². The first-order valence-corrected chi connectivity index (χ1v) is 5.90. The minimum absolute atomic E-state index is 0.0257. The van der Waals surface area contributed by atoms with Crippen LogP contribution in [0.4, 0.5) is 4.39 Å². The molecule has 0 saturated heterocycles. The molecule has 0 heterocycles. The highest BCUT2D eigenvalue weighted by Crippen LogP contribution is 2.25. The molecule has 2 N–H and O–H groups in total. The second-order valence-corrected chi connectivity index (χ2v) is 4.15. The maximum absolute atomic E-state index is 13.7. The number of halogens is 1. The van der Waals surface area contributed by atoms with E-state index in [0.717, 1.165) is 6.07 Å². The van der Waals surface area contributed by atoms with Gasteiger partial charge >= 0.3 is 5.97 Å². The van der Waals surface area contributed by atoms with Crippen molar-refractivity contribution in [3.63, 3.8) is 0 Å². The minimum Gasteiger partial charge on any atom is -0.508 e. The third kappa shape index (κ3) is 3.70. The highest BCUT2D eigenvalue weighted by molar-refractivity contribution is 5.66. The average Bonchev–Trinajstić information content (AvgIpc) is 2.29. The summed E-state index contributed by atoms with van der Waals surface area (Å²) in [6, 6.07) is 3.80. The molecule has 18 heavy (non-hydrogen) atoms. The number of phenolic OH excluding ortho intramolecular Hbond substituents is 1. The van der Waals surface area contributed by atoms with Gasteiger partial charge in [0.2, 0.25) is 0 Å². The van der Waals surface area contributed by atoms with Gasteiger partial charge in [0, 0.05) is 24.2 Å². The molecule has 0 bridgehead atoms. The third-order valence-electron chi connectivity index (χ3n) is 3.00. The Morgan fingerprint density at radius 2 is 2.17 bits per heavy atom. The average molecular weight is 255 g/mol. The summed E-state index contributed by atoms with van der Waals surface area (Å²) in [6.07, 6.45) is 0.0257. The second kappa shape index (κ2) is 6.35. The van der Waals surface area contributed by atoms with E-state index in [-0.39, 0.29) is 18.2 Å². The van der Waals surface area contributed by atoms with Crippen molar-refractivity contribution in [2.75, 3.05) is 13.1 Å². The highest BCUT2D eigenvalue weighted by atomic mass is 19.1. The van der Waals surface area contributed by atoms with Crippen LogP contribution >= 0.6 is 0 Å². The van der Waals surface area contributed by atoms with Gasteiger partial charge in [0.1, 0.15) is 11.6 Å². The molecule has 1 rings (SSSR count). The molecule has 100 valence electrons. The first-order chi connectivity index (χ1) is 8.45. The van der Waals surface area contributed by atoms with Gasteiger partial charge < -0.3 is 10.2 Å². The lowest BCUT2D eigenvalue weighted by Crippen LogP contribution is -2.29. The highest BCUT2D eigenvalue weighted by Gasteiger charge is 2.18. The van der Waals surface area contributed by atoms with Gasteiger partial charge in [-0.25, -0.2) is 4.39 Å². The van der Waals surface area contributed by atoms with Crippen LogP contribution in [0.15, 0.2) is 18.2 Å². The van der Waals surface area contributed by atoms with Gasteiger partial charge in [-0.15, -0.1) is 0 Å². The maximum Gasteiger partial charge on any atom is 0.304 e. The first-order valence-electron chi connectivity index (χ1n) is 5.90. The molecule has 0 saturated carbocycles. The SMILES string of the molecule is CCN(CCC(=O)O)C(C)c1ccc(O)cc1F. The fraction of sp³-hybridized carbons (Fsp3) is 0.462. The van der Waals surface area contributed by atoms with E-state index in [1.807, 2.05) is 18.7 Å². The molecule has 0 aliphatic rings. The molecule has 0 amide bonds. The van der Waals surface area contributed by atoms with Crippen LogP contribution in [0.25, 0.3) is 0 Å². The van der Waals surface area contributed by atoms with Crippen LogP contribution in [0.5, 0.6) is 5.75 Å². The van der Waals surface area contributed by atoms with Crippen molar-refractivity contribution in [2.45, 2.75) is 26.3 Å². The molecule has 0 spiro atoms. The summed E-state index contributed by atoms with van der Waals surface area (Å²) in [5.41, 5.74) is 0.458. The molecule has 5 heteroatoms. The Labute approximate surface area is 106 Å². The molecule has 4 nitrogen and oxygen atoms in total. The number of aromatic hydroxyl groups is 1. The number of rotatable bonds is 6. The predicted octanol–water partition coefficient (Wildman–Crippen LogP) is 2.39. The standard InChI is InChI=1S/C13H18FNO3/c1-3-15(7-6-13(17)18)9(2)11-5-4-10(16)8-12(11)14/h4-5,8-9,16H,3,6-7H2,1-2H3,(H,17,18). The number of phenols is 1. The number of hydrogen-bond acceptors (Lipinski definition) is 3. The molecule has 0 aromatic heterocycles. The number of carboxylic acids is 1. The van der Waals surface area contributed by atoms with E-state index in [0.29, 0.717) is 18.7 Å². The number of nitrogens with zero attached hydrogens (tertiary/aromatic N) is 1. The summed E-state index contributed by atoms with van der Waals surface area (Å²) < 4.78 is 13.7. The Bertz CT molecular complexity index is 423. The summed E-state index contributed by atoms with van der Waals surface area (Å²) in [5, 5.41) is 17.8. The molecule has 0 radical (unpaired) electrons. The molecule has 1 aromatic carbocycles. The monoisotopic (exact) mass is 255 g/mol. The van der Waals surface area contributed by atoms with Crippen molar-refractivity contribution in [1.82, 2.24) is 4.90 Å². The molecule has 1 aromatic rings. The Morgan fingerprint density at radius 1 is 1.50 bits per heavy atom. The van der Waals surface area contributed by atoms with Crippen LogP contribution in [0.2, 0.25) is 0 Å². The zero-order valence-corrected chi connectivity index (χ0v) is 10.6. The Balaban J connectivity index is 2.82. The summed E-state index contributed by atoms with van der Waals surface area (Å²) in [4.78, 5) is 12.4. The molecular formula is C13H18FNO3. The van der Waals surface area contributed by atoms with Crippen LogP contribution in [0.1, 0.15) is 31.9 Å². The second-order valence-electron chi connectivity index (χ2n) is 4.15. The van der Waals surface area contributed by atoms with E-state index < -0.39 is 11.8 Å². The molecule has 1 unspecified atom stereocenters. The predicted molar refractivity (Wildman–Crippen MR) is 66.0 cm³/mol.